The largest absolute Gasteiger partial charge is 0.286 e. The third-order valence-electron chi connectivity index (χ3n) is 2.10. The first kappa shape index (κ1) is 10.7. The summed E-state index contributed by atoms with van der Waals surface area (Å²) in [4.78, 5) is 10.1. The van der Waals surface area contributed by atoms with E-state index in [1.165, 1.54) is 11.6 Å². The number of benzene rings is 1. The molecule has 1 heteroatoms. The van der Waals surface area contributed by atoms with Crippen LogP contribution in [0.1, 0.15) is 31.9 Å². The van der Waals surface area contributed by atoms with Gasteiger partial charge in [-0.1, -0.05) is 51.1 Å². The molecule has 0 unspecified atom stereocenters. The second-order valence-corrected chi connectivity index (χ2v) is 4.29. The first-order chi connectivity index (χ1) is 6.55. The van der Waals surface area contributed by atoms with Crippen LogP contribution < -0.4 is 0 Å². The second-order valence-electron chi connectivity index (χ2n) is 4.29. The molecular weight excluding hydrogens is 172 g/mol. The third kappa shape index (κ3) is 2.56. The Hall–Kier alpha value is -1.37. The highest BCUT2D eigenvalue weighted by Gasteiger charge is 2.15. The normalized spacial score (nSPS) is 11.9. The fraction of sp³-hybridized carbons (Fsp3) is 0.308. The fourth-order valence-corrected chi connectivity index (χ4v) is 1.45. The predicted octanol–water partition coefficient (Wildman–Crippen LogP) is 3.11. The number of rotatable bonds is 2. The van der Waals surface area contributed by atoms with Crippen molar-refractivity contribution in [3.63, 3.8) is 0 Å². The number of allylic oxidation sites excluding steroid dienone is 1. The molecule has 1 nitrogen and oxygen atoms in total. The van der Waals surface area contributed by atoms with E-state index < -0.39 is 0 Å². The van der Waals surface area contributed by atoms with Gasteiger partial charge in [-0.25, -0.2) is 0 Å². The topological polar surface area (TPSA) is 17.1 Å². The fourth-order valence-electron chi connectivity index (χ4n) is 1.45. The number of hydrogen-bond donors (Lipinski definition) is 0. The van der Waals surface area contributed by atoms with Crippen molar-refractivity contribution in [3.8, 4) is 0 Å². The molecule has 0 spiro atoms. The molecule has 0 aliphatic rings. The quantitative estimate of drug-likeness (QED) is 0.650. The third-order valence-corrected chi connectivity index (χ3v) is 2.10. The van der Waals surface area contributed by atoms with Gasteiger partial charge in [-0.2, -0.15) is 0 Å². The highest BCUT2D eigenvalue weighted by atomic mass is 16.1. The molecule has 0 heterocycles. The van der Waals surface area contributed by atoms with Gasteiger partial charge < -0.3 is 0 Å². The van der Waals surface area contributed by atoms with Crippen molar-refractivity contribution in [2.45, 2.75) is 26.2 Å². The lowest BCUT2D eigenvalue weighted by molar-refractivity contribution is 0.564. The van der Waals surface area contributed by atoms with Crippen LogP contribution in [0.25, 0.3) is 6.08 Å². The van der Waals surface area contributed by atoms with Gasteiger partial charge in [0.05, 0.1) is 0 Å². The molecule has 0 saturated carbocycles. The van der Waals surface area contributed by atoms with Gasteiger partial charge in [0, 0.05) is 0 Å². The van der Waals surface area contributed by atoms with Crippen molar-refractivity contribution >= 4 is 12.4 Å². The van der Waals surface area contributed by atoms with E-state index in [1.807, 2.05) is 18.2 Å². The molecule has 1 aromatic rings. The summed E-state index contributed by atoms with van der Waals surface area (Å²) < 4.78 is 0. The lowest BCUT2D eigenvalue weighted by Crippen LogP contribution is -2.12. The summed E-state index contributed by atoms with van der Waals surface area (Å²) in [6.45, 7) is 6.47. The molecule has 0 atom stereocenters. The smallest absolute Gasteiger partial charge is 0.225 e. The summed E-state index contributed by atoms with van der Waals surface area (Å²) in [5.41, 5.74) is 2.43. The van der Waals surface area contributed by atoms with E-state index in [-0.39, 0.29) is 5.41 Å². The molecule has 1 radical (unpaired) electrons. The maximum atomic E-state index is 10.1. The first-order valence-electron chi connectivity index (χ1n) is 4.69. The molecule has 1 rings (SSSR count). The SMILES string of the molecule is CC(C)(C)c1ccccc1C=C[C]=O. The maximum Gasteiger partial charge on any atom is 0.225 e. The Morgan fingerprint density at radius 3 is 2.43 bits per heavy atom. The van der Waals surface area contributed by atoms with E-state index in [0.29, 0.717) is 0 Å². The molecular formula is C13H15O. The number of carbonyl (C=O) groups excluding carboxylic acids is 1. The molecule has 0 N–H and O–H groups in total. The van der Waals surface area contributed by atoms with Crippen molar-refractivity contribution in [1.82, 2.24) is 0 Å². The highest BCUT2D eigenvalue weighted by Crippen LogP contribution is 2.26. The van der Waals surface area contributed by atoms with E-state index in [2.05, 4.69) is 26.8 Å². The van der Waals surface area contributed by atoms with Crippen molar-refractivity contribution in [3.05, 3.63) is 41.5 Å². The van der Waals surface area contributed by atoms with Crippen molar-refractivity contribution in [2.24, 2.45) is 0 Å². The van der Waals surface area contributed by atoms with Gasteiger partial charge in [0.2, 0.25) is 6.29 Å². The van der Waals surface area contributed by atoms with Crippen molar-refractivity contribution in [2.75, 3.05) is 0 Å². The van der Waals surface area contributed by atoms with Crippen LogP contribution in [0, 0.1) is 0 Å². The van der Waals surface area contributed by atoms with E-state index in [0.717, 1.165) is 5.56 Å². The number of hydrogen-bond acceptors (Lipinski definition) is 1. The molecule has 14 heavy (non-hydrogen) atoms. The minimum absolute atomic E-state index is 0.101. The molecule has 0 aromatic heterocycles. The van der Waals surface area contributed by atoms with Gasteiger partial charge in [0.1, 0.15) is 0 Å². The van der Waals surface area contributed by atoms with Crippen LogP contribution in [0.2, 0.25) is 0 Å². The van der Waals surface area contributed by atoms with Crippen LogP contribution in [0.15, 0.2) is 30.3 Å². The average molecular weight is 187 g/mol. The van der Waals surface area contributed by atoms with Gasteiger partial charge in [-0.05, 0) is 22.6 Å². The Balaban J connectivity index is 3.16. The Kier molecular flexibility index (Phi) is 3.23. The van der Waals surface area contributed by atoms with Crippen molar-refractivity contribution < 1.29 is 4.79 Å². The summed E-state index contributed by atoms with van der Waals surface area (Å²) in [5, 5.41) is 0. The maximum absolute atomic E-state index is 10.1. The van der Waals surface area contributed by atoms with Crippen LogP contribution in [0.4, 0.5) is 0 Å². The molecule has 1 aromatic carbocycles. The minimum Gasteiger partial charge on any atom is -0.286 e. The summed E-state index contributed by atoms with van der Waals surface area (Å²) >= 11 is 0. The summed E-state index contributed by atoms with van der Waals surface area (Å²) in [5.74, 6) is 0. The molecule has 0 aliphatic carbocycles. The van der Waals surface area contributed by atoms with Gasteiger partial charge in [-0.3, -0.25) is 4.79 Å². The van der Waals surface area contributed by atoms with E-state index in [9.17, 15) is 4.79 Å². The summed E-state index contributed by atoms with van der Waals surface area (Å²) in [6, 6.07) is 8.08. The van der Waals surface area contributed by atoms with Gasteiger partial charge in [-0.15, -0.1) is 0 Å². The zero-order chi connectivity index (χ0) is 10.6. The molecule has 0 amide bonds. The van der Waals surface area contributed by atoms with Crippen molar-refractivity contribution in [1.29, 1.82) is 0 Å². The Morgan fingerprint density at radius 1 is 1.21 bits per heavy atom. The van der Waals surface area contributed by atoms with Crippen LogP contribution in [0.5, 0.6) is 0 Å². The summed E-state index contributed by atoms with van der Waals surface area (Å²) in [6.07, 6.45) is 4.97. The van der Waals surface area contributed by atoms with E-state index >= 15 is 0 Å². The minimum atomic E-state index is 0.101. The zero-order valence-electron chi connectivity index (χ0n) is 8.87. The van der Waals surface area contributed by atoms with Gasteiger partial charge >= 0.3 is 0 Å². The van der Waals surface area contributed by atoms with Crippen LogP contribution >= 0.6 is 0 Å². The molecule has 73 valence electrons. The summed E-state index contributed by atoms with van der Waals surface area (Å²) in [7, 11) is 0. The monoisotopic (exact) mass is 187 g/mol. The highest BCUT2D eigenvalue weighted by molar-refractivity contribution is 5.75. The van der Waals surface area contributed by atoms with Gasteiger partial charge in [0.25, 0.3) is 0 Å². The lowest BCUT2D eigenvalue weighted by atomic mass is 9.84. The lowest BCUT2D eigenvalue weighted by Gasteiger charge is -2.21. The molecule has 0 saturated heterocycles. The predicted molar refractivity (Wildman–Crippen MR) is 59.9 cm³/mol. The molecule has 0 aliphatic heterocycles. The van der Waals surface area contributed by atoms with Gasteiger partial charge in [0.15, 0.2) is 0 Å². The molecule has 0 bridgehead atoms. The van der Waals surface area contributed by atoms with E-state index in [1.54, 1.807) is 12.4 Å². The Morgan fingerprint density at radius 2 is 1.86 bits per heavy atom. The standard InChI is InChI=1S/C13H15O/c1-13(2,3)12-9-5-4-7-11(12)8-6-10-14/h4-9H,1-3H3. The molecule has 0 fully saturated rings. The van der Waals surface area contributed by atoms with Crippen LogP contribution in [-0.4, -0.2) is 6.29 Å². The van der Waals surface area contributed by atoms with Crippen LogP contribution in [-0.2, 0) is 10.2 Å². The van der Waals surface area contributed by atoms with Crippen LogP contribution in [0.3, 0.4) is 0 Å². The zero-order valence-corrected chi connectivity index (χ0v) is 8.87. The second kappa shape index (κ2) is 4.23. The Labute approximate surface area is 85.5 Å². The first-order valence-corrected chi connectivity index (χ1v) is 4.69. The average Bonchev–Trinajstić information content (AvgIpc) is 2.14. The van der Waals surface area contributed by atoms with E-state index in [4.69, 9.17) is 0 Å². The Bertz CT molecular complexity index is 342.